The molecule has 1 aromatic carbocycles. The Labute approximate surface area is 95.9 Å². The highest BCUT2D eigenvalue weighted by molar-refractivity contribution is 9.10. The van der Waals surface area contributed by atoms with Crippen LogP contribution < -0.4 is 11.5 Å². The third-order valence-electron chi connectivity index (χ3n) is 1.27. The fraction of sp³-hybridized carbons (Fsp3) is 0. The zero-order valence-corrected chi connectivity index (χ0v) is 9.54. The number of hydrogen-bond acceptors (Lipinski definition) is 4. The predicted octanol–water partition coefficient (Wildman–Crippen LogP) is 1.87. The van der Waals surface area contributed by atoms with Crippen molar-refractivity contribution in [1.82, 2.24) is 0 Å². The van der Waals surface area contributed by atoms with Crippen LogP contribution in [-0.2, 0) is 0 Å². The average Bonchev–Trinajstić information content (AvgIpc) is 1.97. The molecule has 0 atom stereocenters. The largest absolute Gasteiger partial charge is 0.505 e. The fourth-order valence-electron chi connectivity index (χ4n) is 0.670. The summed E-state index contributed by atoms with van der Waals surface area (Å²) in [6.07, 6.45) is 0. The first-order chi connectivity index (χ1) is 5.04. The molecule has 4 nitrogen and oxygen atoms in total. The maximum Gasteiger partial charge on any atom is 0.156 e. The molecule has 0 unspecified atom stereocenters. The van der Waals surface area contributed by atoms with E-state index in [1.54, 1.807) is 0 Å². The lowest BCUT2D eigenvalue weighted by atomic mass is 10.2. The van der Waals surface area contributed by atoms with Crippen LogP contribution in [0.1, 0.15) is 0 Å². The molecule has 1 aromatic rings. The van der Waals surface area contributed by atoms with Crippen LogP contribution in [0.2, 0.25) is 0 Å². The van der Waals surface area contributed by atoms with Gasteiger partial charge < -0.3 is 21.7 Å². The molecule has 0 fully saturated rings. The molecule has 1 rings (SSSR count). The molecule has 0 radical (unpaired) electrons. The molecule has 0 aromatic heterocycles. The molecule has 13 heavy (non-hydrogen) atoms. The van der Waals surface area contributed by atoms with Gasteiger partial charge in [0, 0.05) is 0 Å². The van der Waals surface area contributed by atoms with Gasteiger partial charge in [-0.1, -0.05) is 0 Å². The second-order valence-electron chi connectivity index (χ2n) is 2.07. The van der Waals surface area contributed by atoms with E-state index in [2.05, 4.69) is 15.9 Å². The van der Waals surface area contributed by atoms with Crippen molar-refractivity contribution in [2.75, 3.05) is 11.5 Å². The van der Waals surface area contributed by atoms with E-state index in [4.69, 9.17) is 21.7 Å². The van der Waals surface area contributed by atoms with Crippen LogP contribution in [-0.4, -0.2) is 10.2 Å². The lowest BCUT2D eigenvalue weighted by molar-refractivity contribution is 0.448. The molecule has 0 aliphatic heterocycles. The van der Waals surface area contributed by atoms with Crippen LogP contribution >= 0.6 is 40.7 Å². The van der Waals surface area contributed by atoms with Crippen molar-refractivity contribution in [2.45, 2.75) is 0 Å². The van der Waals surface area contributed by atoms with Crippen LogP contribution in [0.25, 0.3) is 0 Å². The van der Waals surface area contributed by atoms with Crippen molar-refractivity contribution in [3.05, 3.63) is 10.5 Å². The minimum Gasteiger partial charge on any atom is -0.505 e. The molecule has 0 bridgehead atoms. The minimum atomic E-state index is -0.197. The van der Waals surface area contributed by atoms with Gasteiger partial charge in [0.15, 0.2) is 11.5 Å². The number of nitrogen functional groups attached to an aromatic ring is 2. The molecule has 0 heterocycles. The maximum absolute atomic E-state index is 9.12. The first kappa shape index (κ1) is 15.0. The Kier molecular flexibility index (Phi) is 6.06. The Hall–Kier alpha value is -0.520. The molecule has 0 saturated carbocycles. The van der Waals surface area contributed by atoms with Crippen LogP contribution in [0.5, 0.6) is 11.5 Å². The van der Waals surface area contributed by atoms with E-state index in [-0.39, 0.29) is 52.2 Å². The molecule has 0 amide bonds. The van der Waals surface area contributed by atoms with Gasteiger partial charge in [0.05, 0.1) is 11.4 Å². The highest BCUT2D eigenvalue weighted by Crippen LogP contribution is 2.41. The summed E-state index contributed by atoms with van der Waals surface area (Å²) in [4.78, 5) is 0. The van der Waals surface area contributed by atoms with E-state index in [9.17, 15) is 0 Å². The van der Waals surface area contributed by atoms with Gasteiger partial charge in [0.2, 0.25) is 0 Å². The van der Waals surface area contributed by atoms with Crippen LogP contribution in [0.4, 0.5) is 11.4 Å². The summed E-state index contributed by atoms with van der Waals surface area (Å²) in [5.74, 6) is -0.395. The van der Waals surface area contributed by atoms with Gasteiger partial charge in [0.1, 0.15) is 4.47 Å². The van der Waals surface area contributed by atoms with E-state index >= 15 is 0 Å². The van der Waals surface area contributed by atoms with E-state index in [1.165, 1.54) is 6.07 Å². The topological polar surface area (TPSA) is 92.5 Å². The summed E-state index contributed by atoms with van der Waals surface area (Å²) in [5, 5.41) is 18.2. The van der Waals surface area contributed by atoms with Gasteiger partial charge in [-0.25, -0.2) is 0 Å². The molecule has 7 heteroatoms. The highest BCUT2D eigenvalue weighted by Gasteiger charge is 2.10. The first-order valence-electron chi connectivity index (χ1n) is 2.79. The lowest BCUT2D eigenvalue weighted by Crippen LogP contribution is -1.92. The van der Waals surface area contributed by atoms with Gasteiger partial charge in [-0.05, 0) is 22.0 Å². The monoisotopic (exact) mass is 290 g/mol. The van der Waals surface area contributed by atoms with E-state index in [0.717, 1.165) is 0 Å². The summed E-state index contributed by atoms with van der Waals surface area (Å²) in [6.45, 7) is 0. The Morgan fingerprint density at radius 2 is 1.31 bits per heavy atom. The zero-order chi connectivity index (χ0) is 8.59. The number of aromatic hydroxyl groups is 2. The Balaban J connectivity index is 0. The number of anilines is 2. The van der Waals surface area contributed by atoms with Gasteiger partial charge >= 0.3 is 0 Å². The number of benzene rings is 1. The van der Waals surface area contributed by atoms with Crippen molar-refractivity contribution in [3.63, 3.8) is 0 Å². The Morgan fingerprint density at radius 1 is 1.00 bits per heavy atom. The molecular weight excluding hydrogens is 283 g/mol. The van der Waals surface area contributed by atoms with Crippen LogP contribution in [0.3, 0.4) is 0 Å². The quantitative estimate of drug-likeness (QED) is 0.333. The molecular formula is C6H9BrCl2N2O2. The number of phenolic OH excluding ortho intramolecular Hbond substituents is 2. The van der Waals surface area contributed by atoms with Crippen molar-refractivity contribution in [2.24, 2.45) is 0 Å². The third-order valence-corrected chi connectivity index (χ3v) is 2.02. The molecule has 6 N–H and O–H groups in total. The standard InChI is InChI=1S/C6H7BrN2O2.2ClH/c7-4-5(10)2(8)1-3(9)6(4)11;;/h1,10-11H,8-9H2;2*1H. The van der Waals surface area contributed by atoms with Gasteiger partial charge in [-0.15, -0.1) is 24.8 Å². The average molecular weight is 292 g/mol. The zero-order valence-electron chi connectivity index (χ0n) is 6.32. The predicted molar refractivity (Wildman–Crippen MR) is 60.8 cm³/mol. The Bertz CT molecular complexity index is 283. The molecule has 0 saturated heterocycles. The van der Waals surface area contributed by atoms with Crippen LogP contribution in [0.15, 0.2) is 10.5 Å². The van der Waals surface area contributed by atoms with Crippen molar-refractivity contribution in [3.8, 4) is 11.5 Å². The summed E-state index contributed by atoms with van der Waals surface area (Å²) in [6, 6.07) is 1.29. The molecule has 0 aliphatic carbocycles. The minimum absolute atomic E-state index is 0. The Morgan fingerprint density at radius 3 is 1.62 bits per heavy atom. The second-order valence-corrected chi connectivity index (χ2v) is 2.86. The second kappa shape index (κ2) is 5.26. The van der Waals surface area contributed by atoms with Gasteiger partial charge in [-0.2, -0.15) is 0 Å². The summed E-state index contributed by atoms with van der Waals surface area (Å²) < 4.78 is 0.120. The SMILES string of the molecule is Cl.Cl.Nc1cc(N)c(O)c(Br)c1O. The van der Waals surface area contributed by atoms with Crippen molar-refractivity contribution < 1.29 is 10.2 Å². The molecule has 0 aliphatic rings. The van der Waals surface area contributed by atoms with E-state index < -0.39 is 0 Å². The lowest BCUT2D eigenvalue weighted by Gasteiger charge is -2.05. The summed E-state index contributed by atoms with van der Waals surface area (Å²) in [5.41, 5.74) is 10.9. The third kappa shape index (κ3) is 2.72. The van der Waals surface area contributed by atoms with Gasteiger partial charge in [-0.3, -0.25) is 0 Å². The number of phenols is 2. The highest BCUT2D eigenvalue weighted by atomic mass is 79.9. The maximum atomic E-state index is 9.12. The number of hydrogen-bond donors (Lipinski definition) is 4. The van der Waals surface area contributed by atoms with Crippen molar-refractivity contribution >= 4 is 52.1 Å². The molecule has 0 spiro atoms. The summed E-state index contributed by atoms with van der Waals surface area (Å²) >= 11 is 2.92. The number of nitrogens with two attached hydrogens (primary N) is 2. The van der Waals surface area contributed by atoms with Gasteiger partial charge in [0.25, 0.3) is 0 Å². The molecule has 76 valence electrons. The number of halogens is 3. The first-order valence-corrected chi connectivity index (χ1v) is 3.58. The number of rotatable bonds is 0. The summed E-state index contributed by atoms with van der Waals surface area (Å²) in [7, 11) is 0. The fourth-order valence-corrected chi connectivity index (χ4v) is 1.13. The normalized spacial score (nSPS) is 8.38. The van der Waals surface area contributed by atoms with E-state index in [1.807, 2.05) is 0 Å². The van der Waals surface area contributed by atoms with Crippen LogP contribution in [0, 0.1) is 0 Å². The van der Waals surface area contributed by atoms with E-state index in [0.29, 0.717) is 0 Å². The smallest absolute Gasteiger partial charge is 0.156 e. The van der Waals surface area contributed by atoms with Crippen molar-refractivity contribution in [1.29, 1.82) is 0 Å².